The highest BCUT2D eigenvalue weighted by Gasteiger charge is 2.24. The number of hydrogen-bond donors (Lipinski definition) is 1. The normalized spacial score (nSPS) is 21.1. The highest BCUT2D eigenvalue weighted by Crippen LogP contribution is 2.16. The smallest absolute Gasteiger partial charge is 0.306 e. The van der Waals surface area contributed by atoms with Gasteiger partial charge in [0, 0.05) is 13.1 Å². The Hall–Kier alpha value is -0.610. The van der Waals surface area contributed by atoms with Crippen LogP contribution < -0.4 is 0 Å². The van der Waals surface area contributed by atoms with E-state index in [9.17, 15) is 4.79 Å². The zero-order valence-corrected chi connectivity index (χ0v) is 7.32. The zero-order chi connectivity index (χ0) is 8.97. The Bertz CT molecular complexity index is 152. The van der Waals surface area contributed by atoms with Gasteiger partial charge in [0.2, 0.25) is 0 Å². The molecule has 0 atom stereocenters. The van der Waals surface area contributed by atoms with E-state index < -0.39 is 5.97 Å². The molecule has 1 aliphatic heterocycles. The third-order valence-corrected chi connectivity index (χ3v) is 2.11. The fraction of sp³-hybridized carbons (Fsp3) is 0.875. The number of rotatable bonds is 3. The van der Waals surface area contributed by atoms with Crippen LogP contribution in [0.15, 0.2) is 0 Å². The quantitative estimate of drug-likeness (QED) is 0.683. The van der Waals surface area contributed by atoms with E-state index in [-0.39, 0.29) is 5.92 Å². The number of carboxylic acids is 1. The first-order chi connectivity index (χ1) is 5.74. The van der Waals surface area contributed by atoms with Crippen LogP contribution >= 0.6 is 0 Å². The minimum Gasteiger partial charge on any atom is -0.481 e. The van der Waals surface area contributed by atoms with Gasteiger partial charge in [-0.15, -0.1) is 0 Å². The van der Waals surface area contributed by atoms with E-state index in [4.69, 9.17) is 9.94 Å². The third kappa shape index (κ3) is 2.46. The molecule has 0 aliphatic carbocycles. The van der Waals surface area contributed by atoms with Crippen molar-refractivity contribution < 1.29 is 14.7 Å². The fourth-order valence-corrected chi connectivity index (χ4v) is 1.41. The lowest BCUT2D eigenvalue weighted by Gasteiger charge is -2.28. The summed E-state index contributed by atoms with van der Waals surface area (Å²) in [5.41, 5.74) is 0. The number of carboxylic acid groups (broad SMARTS) is 1. The number of nitrogens with zero attached hydrogens (tertiary/aromatic N) is 1. The molecule has 1 saturated heterocycles. The Morgan fingerprint density at radius 2 is 2.17 bits per heavy atom. The molecule has 12 heavy (non-hydrogen) atoms. The molecule has 0 aromatic heterocycles. The predicted octanol–water partition coefficient (Wildman–Crippen LogP) is 0.735. The molecular weight excluding hydrogens is 158 g/mol. The van der Waals surface area contributed by atoms with Crippen molar-refractivity contribution in [1.82, 2.24) is 5.06 Å². The van der Waals surface area contributed by atoms with Gasteiger partial charge in [0.05, 0.1) is 12.5 Å². The molecule has 1 heterocycles. The first-order valence-corrected chi connectivity index (χ1v) is 4.34. The van der Waals surface area contributed by atoms with E-state index in [0.29, 0.717) is 19.4 Å². The van der Waals surface area contributed by atoms with Crippen molar-refractivity contribution in [3.63, 3.8) is 0 Å². The van der Waals surface area contributed by atoms with Gasteiger partial charge in [-0.25, -0.2) is 0 Å². The Morgan fingerprint density at radius 1 is 1.58 bits per heavy atom. The van der Waals surface area contributed by atoms with Gasteiger partial charge in [-0.1, -0.05) is 0 Å². The van der Waals surface area contributed by atoms with Crippen LogP contribution in [0.1, 0.15) is 19.8 Å². The van der Waals surface area contributed by atoms with Crippen LogP contribution in [-0.4, -0.2) is 35.8 Å². The summed E-state index contributed by atoms with van der Waals surface area (Å²) in [5.74, 6) is -0.840. The van der Waals surface area contributed by atoms with Crippen molar-refractivity contribution in [1.29, 1.82) is 0 Å². The molecule has 0 bridgehead atoms. The minimum atomic E-state index is -0.675. The van der Waals surface area contributed by atoms with Crippen LogP contribution in [0.25, 0.3) is 0 Å². The van der Waals surface area contributed by atoms with Crippen LogP contribution in [0, 0.1) is 5.92 Å². The number of hydroxylamine groups is 2. The summed E-state index contributed by atoms with van der Waals surface area (Å²) in [6, 6.07) is 0. The van der Waals surface area contributed by atoms with Crippen molar-refractivity contribution in [2.45, 2.75) is 19.8 Å². The van der Waals surface area contributed by atoms with Crippen molar-refractivity contribution >= 4 is 5.97 Å². The molecule has 0 radical (unpaired) electrons. The van der Waals surface area contributed by atoms with Crippen molar-refractivity contribution in [3.8, 4) is 0 Å². The molecular formula is C8H15NO3. The molecule has 1 aliphatic rings. The van der Waals surface area contributed by atoms with Crippen LogP contribution in [0.5, 0.6) is 0 Å². The first-order valence-electron chi connectivity index (χ1n) is 4.34. The zero-order valence-electron chi connectivity index (χ0n) is 7.32. The van der Waals surface area contributed by atoms with Crippen molar-refractivity contribution in [2.24, 2.45) is 5.92 Å². The van der Waals surface area contributed by atoms with Crippen LogP contribution in [0.3, 0.4) is 0 Å². The monoisotopic (exact) mass is 173 g/mol. The van der Waals surface area contributed by atoms with Gasteiger partial charge >= 0.3 is 5.97 Å². The van der Waals surface area contributed by atoms with Crippen LogP contribution in [0.2, 0.25) is 0 Å². The Balaban J connectivity index is 2.25. The van der Waals surface area contributed by atoms with E-state index in [1.54, 1.807) is 0 Å². The summed E-state index contributed by atoms with van der Waals surface area (Å²) < 4.78 is 0. The molecule has 0 unspecified atom stereocenters. The van der Waals surface area contributed by atoms with E-state index in [0.717, 1.165) is 13.1 Å². The molecule has 0 amide bonds. The second-order valence-electron chi connectivity index (χ2n) is 2.96. The summed E-state index contributed by atoms with van der Waals surface area (Å²) in [7, 11) is 0. The third-order valence-electron chi connectivity index (χ3n) is 2.11. The molecule has 0 aromatic rings. The van der Waals surface area contributed by atoms with Gasteiger partial charge in [-0.2, -0.15) is 5.06 Å². The Kier molecular flexibility index (Phi) is 3.49. The maximum atomic E-state index is 10.6. The molecule has 1 N–H and O–H groups in total. The second kappa shape index (κ2) is 4.42. The number of aliphatic carboxylic acids is 1. The molecule has 0 saturated carbocycles. The van der Waals surface area contributed by atoms with Crippen molar-refractivity contribution in [3.05, 3.63) is 0 Å². The first kappa shape index (κ1) is 9.48. The Labute approximate surface area is 72.1 Å². The van der Waals surface area contributed by atoms with Gasteiger partial charge in [0.15, 0.2) is 0 Å². The minimum absolute atomic E-state index is 0.165. The highest BCUT2D eigenvalue weighted by atomic mass is 16.7. The molecule has 0 spiro atoms. The van der Waals surface area contributed by atoms with Crippen molar-refractivity contribution in [2.75, 3.05) is 19.7 Å². The van der Waals surface area contributed by atoms with Crippen LogP contribution in [-0.2, 0) is 9.63 Å². The maximum absolute atomic E-state index is 10.6. The molecule has 4 heteroatoms. The summed E-state index contributed by atoms with van der Waals surface area (Å²) in [4.78, 5) is 15.8. The summed E-state index contributed by atoms with van der Waals surface area (Å²) in [6.07, 6.45) is 1.41. The SMILES string of the molecule is CCON1CCC(C(=O)O)CC1. The predicted molar refractivity (Wildman–Crippen MR) is 43.6 cm³/mol. The number of hydrogen-bond acceptors (Lipinski definition) is 3. The number of carbonyl (C=O) groups is 1. The average Bonchev–Trinajstić information content (AvgIpc) is 2.06. The largest absolute Gasteiger partial charge is 0.481 e. The molecule has 0 aromatic carbocycles. The van der Waals surface area contributed by atoms with E-state index in [1.165, 1.54) is 0 Å². The van der Waals surface area contributed by atoms with Crippen LogP contribution in [0.4, 0.5) is 0 Å². The van der Waals surface area contributed by atoms with Gasteiger partial charge in [-0.3, -0.25) is 9.63 Å². The summed E-state index contributed by atoms with van der Waals surface area (Å²) >= 11 is 0. The van der Waals surface area contributed by atoms with Gasteiger partial charge in [0.25, 0.3) is 0 Å². The number of piperidine rings is 1. The van der Waals surface area contributed by atoms with E-state index >= 15 is 0 Å². The summed E-state index contributed by atoms with van der Waals surface area (Å²) in [6.45, 7) is 4.08. The van der Waals surface area contributed by atoms with E-state index in [1.807, 2.05) is 12.0 Å². The van der Waals surface area contributed by atoms with Gasteiger partial charge in [-0.05, 0) is 19.8 Å². The molecule has 4 nitrogen and oxygen atoms in total. The molecule has 70 valence electrons. The summed E-state index contributed by atoms with van der Waals surface area (Å²) in [5, 5.41) is 10.5. The van der Waals surface area contributed by atoms with E-state index in [2.05, 4.69) is 0 Å². The van der Waals surface area contributed by atoms with Gasteiger partial charge in [0.1, 0.15) is 0 Å². The average molecular weight is 173 g/mol. The lowest BCUT2D eigenvalue weighted by molar-refractivity contribution is -0.175. The maximum Gasteiger partial charge on any atom is 0.306 e. The van der Waals surface area contributed by atoms with Gasteiger partial charge < -0.3 is 5.11 Å². The topological polar surface area (TPSA) is 49.8 Å². The second-order valence-corrected chi connectivity index (χ2v) is 2.96. The lowest BCUT2D eigenvalue weighted by atomic mass is 9.98. The standard InChI is InChI=1S/C8H15NO3/c1-2-12-9-5-3-7(4-6-9)8(10)11/h7H,2-6H2,1H3,(H,10,11). The lowest BCUT2D eigenvalue weighted by Crippen LogP contribution is -2.36. The highest BCUT2D eigenvalue weighted by molar-refractivity contribution is 5.70. The molecule has 1 rings (SSSR count). The Morgan fingerprint density at radius 3 is 2.58 bits per heavy atom. The fourth-order valence-electron chi connectivity index (χ4n) is 1.41. The molecule has 1 fully saturated rings.